The lowest BCUT2D eigenvalue weighted by atomic mass is 10.2. The van der Waals surface area contributed by atoms with E-state index in [1.807, 2.05) is 13.0 Å². The van der Waals surface area contributed by atoms with Gasteiger partial charge in [-0.3, -0.25) is 4.79 Å². The van der Waals surface area contributed by atoms with Gasteiger partial charge in [0, 0.05) is 19.2 Å². The molecule has 23 heavy (non-hydrogen) atoms. The van der Waals surface area contributed by atoms with Crippen LogP contribution in [-0.2, 0) is 4.79 Å². The highest BCUT2D eigenvalue weighted by Crippen LogP contribution is 2.07. The summed E-state index contributed by atoms with van der Waals surface area (Å²) >= 11 is 5.08. The summed E-state index contributed by atoms with van der Waals surface area (Å²) in [6, 6.07) is 5.11. The summed E-state index contributed by atoms with van der Waals surface area (Å²) in [6.45, 7) is 6.02. The predicted molar refractivity (Wildman–Crippen MR) is 92.5 cm³/mol. The van der Waals surface area contributed by atoms with Crippen LogP contribution in [0.1, 0.15) is 45.4 Å². The minimum atomic E-state index is -0.686. The fourth-order valence-corrected chi connectivity index (χ4v) is 2.13. The van der Waals surface area contributed by atoms with Crippen molar-refractivity contribution in [1.29, 1.82) is 0 Å². The van der Waals surface area contributed by atoms with Gasteiger partial charge in [-0.05, 0) is 37.8 Å². The second-order valence-corrected chi connectivity index (χ2v) is 5.57. The van der Waals surface area contributed by atoms with Crippen LogP contribution in [0.5, 0.6) is 0 Å². The number of allylic oxidation sites excluding steroid dienone is 1. The SMILES string of the molecule is C=CCCCCC(=O)N(CCCC)C(=O)On1ccccc1=S. The Morgan fingerprint density at radius 2 is 2.13 bits per heavy atom. The molecule has 0 atom stereocenters. The minimum absolute atomic E-state index is 0.213. The van der Waals surface area contributed by atoms with E-state index in [1.165, 1.54) is 9.63 Å². The number of hydrogen-bond donors (Lipinski definition) is 0. The quantitative estimate of drug-likeness (QED) is 0.386. The van der Waals surface area contributed by atoms with Gasteiger partial charge in [0.05, 0.1) is 0 Å². The summed E-state index contributed by atoms with van der Waals surface area (Å²) in [6.07, 6.45) is 7.12. The number of imide groups is 1. The number of pyridine rings is 1. The topological polar surface area (TPSA) is 51.5 Å². The maximum Gasteiger partial charge on any atom is 0.441 e. The standard InChI is InChI=1S/C17H24N2O3S/c1-3-5-7-8-11-15(20)18(13-6-4-2)17(21)22-19-14-10-9-12-16(19)23/h3,9-10,12,14H,1,4-8,11,13H2,2H3. The maximum atomic E-state index is 12.3. The van der Waals surface area contributed by atoms with Crippen LogP contribution < -0.4 is 4.84 Å². The van der Waals surface area contributed by atoms with Gasteiger partial charge in [-0.2, -0.15) is 4.73 Å². The van der Waals surface area contributed by atoms with Gasteiger partial charge >= 0.3 is 6.09 Å². The van der Waals surface area contributed by atoms with Gasteiger partial charge in [0.2, 0.25) is 5.91 Å². The summed E-state index contributed by atoms with van der Waals surface area (Å²) in [5.41, 5.74) is 0. The number of unbranched alkanes of at least 4 members (excludes halogenated alkanes) is 3. The van der Waals surface area contributed by atoms with Crippen molar-refractivity contribution in [1.82, 2.24) is 9.63 Å². The molecule has 1 rings (SSSR count). The number of amides is 2. The highest BCUT2D eigenvalue weighted by molar-refractivity contribution is 7.71. The van der Waals surface area contributed by atoms with Crippen LogP contribution in [0.25, 0.3) is 0 Å². The molecule has 0 radical (unpaired) electrons. The molecule has 126 valence electrons. The molecule has 2 amide bonds. The molecule has 0 aromatic carbocycles. The van der Waals surface area contributed by atoms with Crippen LogP contribution in [-0.4, -0.2) is 28.2 Å². The van der Waals surface area contributed by atoms with Crippen molar-refractivity contribution < 1.29 is 14.4 Å². The van der Waals surface area contributed by atoms with Crippen molar-refractivity contribution in [2.75, 3.05) is 6.54 Å². The Morgan fingerprint density at radius 3 is 2.78 bits per heavy atom. The van der Waals surface area contributed by atoms with Crippen molar-refractivity contribution in [3.63, 3.8) is 0 Å². The molecule has 0 fully saturated rings. The number of rotatable bonds is 9. The van der Waals surface area contributed by atoms with E-state index >= 15 is 0 Å². The third kappa shape index (κ3) is 6.78. The van der Waals surface area contributed by atoms with Gasteiger partial charge in [-0.1, -0.05) is 37.7 Å². The molecule has 0 spiro atoms. The normalized spacial score (nSPS) is 10.1. The Labute approximate surface area is 142 Å². The molecule has 0 bridgehead atoms. The molecular formula is C17H24N2O3S. The van der Waals surface area contributed by atoms with Crippen LogP contribution in [0.2, 0.25) is 0 Å². The van der Waals surface area contributed by atoms with Gasteiger partial charge in [0.1, 0.15) is 4.64 Å². The van der Waals surface area contributed by atoms with Crippen molar-refractivity contribution in [3.05, 3.63) is 41.7 Å². The third-order valence-corrected chi connectivity index (χ3v) is 3.59. The van der Waals surface area contributed by atoms with Crippen LogP contribution >= 0.6 is 12.2 Å². The first-order valence-corrected chi connectivity index (χ1v) is 8.32. The van der Waals surface area contributed by atoms with Gasteiger partial charge in [0.25, 0.3) is 0 Å². The number of aromatic nitrogens is 1. The van der Waals surface area contributed by atoms with Crippen molar-refractivity contribution in [2.24, 2.45) is 0 Å². The summed E-state index contributed by atoms with van der Waals surface area (Å²) in [7, 11) is 0. The lowest BCUT2D eigenvalue weighted by molar-refractivity contribution is -0.129. The summed E-state index contributed by atoms with van der Waals surface area (Å²) in [4.78, 5) is 31.0. The zero-order valence-corrected chi connectivity index (χ0v) is 14.4. The van der Waals surface area contributed by atoms with E-state index in [1.54, 1.807) is 24.4 Å². The predicted octanol–water partition coefficient (Wildman–Crippen LogP) is 4.14. The fraction of sp³-hybridized carbons (Fsp3) is 0.471. The molecule has 1 heterocycles. The van der Waals surface area contributed by atoms with E-state index in [2.05, 4.69) is 6.58 Å². The molecule has 0 aliphatic rings. The third-order valence-electron chi connectivity index (χ3n) is 3.27. The Bertz CT molecular complexity index is 583. The molecule has 0 saturated carbocycles. The smallest absolute Gasteiger partial charge is 0.316 e. The Balaban J connectivity index is 2.69. The lowest BCUT2D eigenvalue weighted by Gasteiger charge is -2.20. The average Bonchev–Trinajstić information content (AvgIpc) is 2.54. The van der Waals surface area contributed by atoms with E-state index in [-0.39, 0.29) is 5.91 Å². The van der Waals surface area contributed by atoms with Crippen LogP contribution in [0.15, 0.2) is 37.1 Å². The number of hydrogen-bond acceptors (Lipinski definition) is 4. The Morgan fingerprint density at radius 1 is 1.35 bits per heavy atom. The largest absolute Gasteiger partial charge is 0.441 e. The van der Waals surface area contributed by atoms with E-state index in [0.29, 0.717) is 17.6 Å². The molecular weight excluding hydrogens is 312 g/mol. The fourth-order valence-electron chi connectivity index (χ4n) is 1.96. The summed E-state index contributed by atoms with van der Waals surface area (Å²) < 4.78 is 1.57. The lowest BCUT2D eigenvalue weighted by Crippen LogP contribution is -2.42. The molecule has 1 aromatic rings. The van der Waals surface area contributed by atoms with Crippen LogP contribution in [0.3, 0.4) is 0 Å². The first-order valence-electron chi connectivity index (χ1n) is 7.91. The van der Waals surface area contributed by atoms with Crippen molar-refractivity contribution in [2.45, 2.75) is 45.4 Å². The van der Waals surface area contributed by atoms with Crippen LogP contribution in [0.4, 0.5) is 4.79 Å². The highest BCUT2D eigenvalue weighted by atomic mass is 32.1. The van der Waals surface area contributed by atoms with Crippen molar-refractivity contribution in [3.8, 4) is 0 Å². The number of nitrogens with zero attached hydrogens (tertiary/aromatic N) is 2. The van der Waals surface area contributed by atoms with Gasteiger partial charge in [-0.25, -0.2) is 9.69 Å². The Hall–Kier alpha value is -1.95. The summed E-state index contributed by atoms with van der Waals surface area (Å²) in [5, 5.41) is 0. The highest BCUT2D eigenvalue weighted by Gasteiger charge is 2.22. The van der Waals surface area contributed by atoms with E-state index < -0.39 is 6.09 Å². The molecule has 0 aliphatic carbocycles. The first kappa shape index (κ1) is 19.1. The van der Waals surface area contributed by atoms with E-state index in [0.717, 1.165) is 32.1 Å². The zero-order chi connectivity index (χ0) is 17.1. The second-order valence-electron chi connectivity index (χ2n) is 5.16. The van der Waals surface area contributed by atoms with Crippen LogP contribution in [0, 0.1) is 4.64 Å². The molecule has 0 aliphatic heterocycles. The molecule has 0 N–H and O–H groups in total. The molecule has 0 unspecified atom stereocenters. The van der Waals surface area contributed by atoms with E-state index in [9.17, 15) is 9.59 Å². The molecule has 0 saturated heterocycles. The first-order chi connectivity index (χ1) is 11.1. The number of carbonyl (C=O) groups is 2. The second kappa shape index (κ2) is 10.7. The van der Waals surface area contributed by atoms with Gasteiger partial charge in [-0.15, -0.1) is 6.58 Å². The van der Waals surface area contributed by atoms with Gasteiger partial charge < -0.3 is 4.84 Å². The van der Waals surface area contributed by atoms with Crippen molar-refractivity contribution >= 4 is 24.2 Å². The maximum absolute atomic E-state index is 12.3. The average molecular weight is 336 g/mol. The Kier molecular flexibility index (Phi) is 8.90. The number of carbonyl (C=O) groups excluding carboxylic acids is 2. The van der Waals surface area contributed by atoms with E-state index in [4.69, 9.17) is 17.1 Å². The monoisotopic (exact) mass is 336 g/mol. The minimum Gasteiger partial charge on any atom is -0.316 e. The van der Waals surface area contributed by atoms with Gasteiger partial charge in [0.15, 0.2) is 0 Å². The summed E-state index contributed by atoms with van der Waals surface area (Å²) in [5.74, 6) is -0.213. The molecule has 6 heteroatoms. The molecule has 5 nitrogen and oxygen atoms in total. The molecule has 1 aromatic heterocycles. The zero-order valence-electron chi connectivity index (χ0n) is 13.6.